The summed E-state index contributed by atoms with van der Waals surface area (Å²) in [7, 11) is 0. The van der Waals surface area contributed by atoms with Crippen molar-refractivity contribution in [1.82, 2.24) is 0 Å². The number of rotatable bonds is 7. The van der Waals surface area contributed by atoms with Gasteiger partial charge in [0.2, 0.25) is 0 Å². The largest absolute Gasteiger partial charge is 0.374 e. The van der Waals surface area contributed by atoms with E-state index in [1.54, 1.807) is 0 Å². The lowest BCUT2D eigenvalue weighted by atomic mass is 9.97. The summed E-state index contributed by atoms with van der Waals surface area (Å²) in [6.45, 7) is 4.79. The monoisotopic (exact) mass is 177 g/mol. The summed E-state index contributed by atoms with van der Waals surface area (Å²) in [5.41, 5.74) is 5.38. The first-order valence-electron chi connectivity index (χ1n) is 4.64. The molecule has 0 bridgehead atoms. The van der Waals surface area contributed by atoms with Crippen LogP contribution < -0.4 is 5.73 Å². The lowest BCUT2D eigenvalue weighted by Gasteiger charge is -2.30. The third-order valence-corrected chi connectivity index (χ3v) is 2.35. The molecule has 0 rings (SSSR count). The van der Waals surface area contributed by atoms with Crippen LogP contribution in [-0.4, -0.2) is 25.4 Å². The Morgan fingerprint density at radius 2 is 1.92 bits per heavy atom. The zero-order valence-electron chi connectivity index (χ0n) is 8.11. The van der Waals surface area contributed by atoms with Crippen molar-refractivity contribution in [2.24, 2.45) is 5.73 Å². The van der Waals surface area contributed by atoms with Gasteiger partial charge in [-0.1, -0.05) is 13.8 Å². The van der Waals surface area contributed by atoms with Gasteiger partial charge in [0, 0.05) is 13.2 Å². The molecule has 0 aromatic heterocycles. The first kappa shape index (κ1) is 11.8. The van der Waals surface area contributed by atoms with Crippen molar-refractivity contribution in [2.75, 3.05) is 19.8 Å². The van der Waals surface area contributed by atoms with E-state index in [0.29, 0.717) is 19.6 Å². The topological polar surface area (TPSA) is 35.2 Å². The second kappa shape index (κ2) is 6.38. The number of alkyl halides is 1. The van der Waals surface area contributed by atoms with Crippen molar-refractivity contribution >= 4 is 0 Å². The summed E-state index contributed by atoms with van der Waals surface area (Å²) >= 11 is 0. The van der Waals surface area contributed by atoms with Gasteiger partial charge >= 0.3 is 0 Å². The highest BCUT2D eigenvalue weighted by Crippen LogP contribution is 2.18. The average Bonchev–Trinajstić information content (AvgIpc) is 2.14. The van der Waals surface area contributed by atoms with Crippen LogP contribution in [-0.2, 0) is 4.74 Å². The van der Waals surface area contributed by atoms with Gasteiger partial charge in [0.15, 0.2) is 0 Å². The molecule has 0 aromatic rings. The summed E-state index contributed by atoms with van der Waals surface area (Å²) in [6, 6.07) is 0. The molecule has 0 fully saturated rings. The highest BCUT2D eigenvalue weighted by molar-refractivity contribution is 4.78. The standard InChI is InChI=1S/C9H20FNO/c1-3-9(4-2,8-11)12-7-5-6-10/h3-8,11H2,1-2H3. The molecule has 3 heteroatoms. The first-order chi connectivity index (χ1) is 5.74. The molecular weight excluding hydrogens is 157 g/mol. The van der Waals surface area contributed by atoms with Crippen LogP contribution in [0.15, 0.2) is 0 Å². The Morgan fingerprint density at radius 3 is 2.25 bits per heavy atom. The van der Waals surface area contributed by atoms with Crippen molar-refractivity contribution in [3.63, 3.8) is 0 Å². The second-order valence-corrected chi connectivity index (χ2v) is 2.99. The smallest absolute Gasteiger partial charge is 0.0916 e. The fourth-order valence-electron chi connectivity index (χ4n) is 1.14. The fraction of sp³-hybridized carbons (Fsp3) is 1.00. The highest BCUT2D eigenvalue weighted by atomic mass is 19.1. The minimum Gasteiger partial charge on any atom is -0.374 e. The summed E-state index contributed by atoms with van der Waals surface area (Å²) < 4.78 is 17.3. The van der Waals surface area contributed by atoms with Crippen LogP contribution in [0.1, 0.15) is 33.1 Å². The Hall–Kier alpha value is -0.150. The van der Waals surface area contributed by atoms with Gasteiger partial charge in [-0.3, -0.25) is 4.39 Å². The van der Waals surface area contributed by atoms with E-state index in [-0.39, 0.29) is 12.3 Å². The molecule has 0 unspecified atom stereocenters. The van der Waals surface area contributed by atoms with Crippen molar-refractivity contribution in [1.29, 1.82) is 0 Å². The van der Waals surface area contributed by atoms with E-state index < -0.39 is 0 Å². The quantitative estimate of drug-likeness (QED) is 0.603. The molecule has 74 valence electrons. The molecule has 0 saturated heterocycles. The van der Waals surface area contributed by atoms with Crippen molar-refractivity contribution in [3.8, 4) is 0 Å². The summed E-state index contributed by atoms with van der Waals surface area (Å²) in [4.78, 5) is 0. The maximum absolute atomic E-state index is 11.8. The molecule has 0 aliphatic carbocycles. The molecule has 0 aromatic carbocycles. The van der Waals surface area contributed by atoms with E-state index in [2.05, 4.69) is 0 Å². The van der Waals surface area contributed by atoms with Gasteiger partial charge in [-0.15, -0.1) is 0 Å². The Kier molecular flexibility index (Phi) is 6.30. The average molecular weight is 177 g/mol. The van der Waals surface area contributed by atoms with E-state index in [1.165, 1.54) is 0 Å². The fourth-order valence-corrected chi connectivity index (χ4v) is 1.14. The molecule has 2 nitrogen and oxygen atoms in total. The maximum atomic E-state index is 11.8. The molecule has 0 aliphatic rings. The van der Waals surface area contributed by atoms with Gasteiger partial charge in [-0.2, -0.15) is 0 Å². The van der Waals surface area contributed by atoms with Crippen LogP contribution in [0.4, 0.5) is 4.39 Å². The van der Waals surface area contributed by atoms with Crippen LogP contribution in [0, 0.1) is 0 Å². The Balaban J connectivity index is 3.76. The maximum Gasteiger partial charge on any atom is 0.0916 e. The van der Waals surface area contributed by atoms with Crippen LogP contribution in [0.2, 0.25) is 0 Å². The molecule has 2 N–H and O–H groups in total. The van der Waals surface area contributed by atoms with Gasteiger partial charge in [0.1, 0.15) is 0 Å². The summed E-state index contributed by atoms with van der Waals surface area (Å²) in [6.07, 6.45) is 2.26. The van der Waals surface area contributed by atoms with E-state index >= 15 is 0 Å². The zero-order chi connectivity index (χ0) is 9.45. The molecule has 0 atom stereocenters. The van der Waals surface area contributed by atoms with Crippen molar-refractivity contribution < 1.29 is 9.13 Å². The van der Waals surface area contributed by atoms with Crippen LogP contribution in [0.5, 0.6) is 0 Å². The molecule has 12 heavy (non-hydrogen) atoms. The highest BCUT2D eigenvalue weighted by Gasteiger charge is 2.24. The zero-order valence-corrected chi connectivity index (χ0v) is 8.11. The number of hydrogen-bond donors (Lipinski definition) is 1. The molecule has 0 saturated carbocycles. The van der Waals surface area contributed by atoms with Crippen molar-refractivity contribution in [3.05, 3.63) is 0 Å². The number of hydrogen-bond acceptors (Lipinski definition) is 2. The lowest BCUT2D eigenvalue weighted by Crippen LogP contribution is -2.39. The lowest BCUT2D eigenvalue weighted by molar-refractivity contribution is -0.0464. The van der Waals surface area contributed by atoms with E-state index in [9.17, 15) is 4.39 Å². The van der Waals surface area contributed by atoms with Gasteiger partial charge in [-0.05, 0) is 19.3 Å². The first-order valence-corrected chi connectivity index (χ1v) is 4.64. The minimum atomic E-state index is -0.311. The third kappa shape index (κ3) is 3.50. The van der Waals surface area contributed by atoms with E-state index in [0.717, 1.165) is 12.8 Å². The van der Waals surface area contributed by atoms with Gasteiger partial charge < -0.3 is 10.5 Å². The Labute approximate surface area is 74.3 Å². The molecule has 0 spiro atoms. The van der Waals surface area contributed by atoms with Crippen molar-refractivity contribution in [2.45, 2.75) is 38.7 Å². The van der Waals surface area contributed by atoms with Gasteiger partial charge in [-0.25, -0.2) is 0 Å². The third-order valence-electron chi connectivity index (χ3n) is 2.35. The number of nitrogens with two attached hydrogens (primary N) is 1. The minimum absolute atomic E-state index is 0.213. The normalized spacial score (nSPS) is 12.0. The van der Waals surface area contributed by atoms with Crippen LogP contribution >= 0.6 is 0 Å². The van der Waals surface area contributed by atoms with Gasteiger partial charge in [0.25, 0.3) is 0 Å². The second-order valence-electron chi connectivity index (χ2n) is 2.99. The summed E-state index contributed by atoms with van der Waals surface area (Å²) in [5, 5.41) is 0. The Morgan fingerprint density at radius 1 is 1.33 bits per heavy atom. The van der Waals surface area contributed by atoms with E-state index in [1.807, 2.05) is 13.8 Å². The number of ether oxygens (including phenoxy) is 1. The predicted octanol–water partition coefficient (Wildman–Crippen LogP) is 1.88. The molecule has 0 heterocycles. The molecule has 0 aliphatic heterocycles. The van der Waals surface area contributed by atoms with E-state index in [4.69, 9.17) is 10.5 Å². The van der Waals surface area contributed by atoms with Gasteiger partial charge in [0.05, 0.1) is 12.3 Å². The predicted molar refractivity (Wildman–Crippen MR) is 48.9 cm³/mol. The Bertz CT molecular complexity index is 96.4. The molecule has 0 radical (unpaired) electrons. The summed E-state index contributed by atoms with van der Waals surface area (Å²) in [5.74, 6) is 0. The number of halogens is 1. The van der Waals surface area contributed by atoms with Crippen LogP contribution in [0.3, 0.4) is 0 Å². The van der Waals surface area contributed by atoms with Crippen LogP contribution in [0.25, 0.3) is 0 Å². The molecule has 0 amide bonds. The SMILES string of the molecule is CCC(CC)(CN)OCCCF. The molecular formula is C9H20FNO.